The standard InChI is InChI=1S/C20H19Cl2FN6/c21-14-5-3-11(8-15(14)22)13-4-6-16(23)18-17(13)20(27-10-26-18)29-7-1-2-12(9-29)19(24)28-25/h3-6,8,10,12H,1-2,7,9,25H2,(H2,24,28). The fourth-order valence-electron chi connectivity index (χ4n) is 3.78. The van der Waals surface area contributed by atoms with Crippen LogP contribution in [0.5, 0.6) is 0 Å². The highest BCUT2D eigenvalue weighted by atomic mass is 35.5. The van der Waals surface area contributed by atoms with Crippen molar-refractivity contribution < 1.29 is 4.39 Å². The quantitative estimate of drug-likeness (QED) is 0.280. The third-order valence-corrected chi connectivity index (χ3v) is 5.98. The van der Waals surface area contributed by atoms with E-state index in [1.54, 1.807) is 18.2 Å². The molecule has 4 rings (SSSR count). The second kappa shape index (κ2) is 8.00. The summed E-state index contributed by atoms with van der Waals surface area (Å²) in [5.41, 5.74) is 7.78. The molecule has 4 N–H and O–H groups in total. The number of nitrogens with zero attached hydrogens (tertiary/aromatic N) is 4. The van der Waals surface area contributed by atoms with Gasteiger partial charge in [-0.2, -0.15) is 5.10 Å². The Kier molecular flexibility index (Phi) is 5.43. The first-order valence-electron chi connectivity index (χ1n) is 9.16. The molecule has 150 valence electrons. The van der Waals surface area contributed by atoms with Crippen LogP contribution in [0.2, 0.25) is 10.0 Å². The van der Waals surface area contributed by atoms with Crippen LogP contribution in [0.25, 0.3) is 22.0 Å². The Morgan fingerprint density at radius 2 is 2.00 bits per heavy atom. The minimum Gasteiger partial charge on any atom is -0.385 e. The van der Waals surface area contributed by atoms with E-state index in [4.69, 9.17) is 34.8 Å². The summed E-state index contributed by atoms with van der Waals surface area (Å²) >= 11 is 12.3. The number of benzene rings is 2. The van der Waals surface area contributed by atoms with E-state index >= 15 is 0 Å². The van der Waals surface area contributed by atoms with Gasteiger partial charge < -0.3 is 16.5 Å². The molecular formula is C20H19Cl2FN6. The van der Waals surface area contributed by atoms with E-state index in [1.807, 2.05) is 6.07 Å². The number of aromatic nitrogens is 2. The number of fused-ring (bicyclic) bond motifs is 1. The molecule has 9 heteroatoms. The molecule has 0 aliphatic carbocycles. The van der Waals surface area contributed by atoms with Gasteiger partial charge in [-0.15, -0.1) is 0 Å². The van der Waals surface area contributed by atoms with Gasteiger partial charge in [-0.25, -0.2) is 14.4 Å². The molecule has 6 nitrogen and oxygen atoms in total. The molecule has 0 saturated carbocycles. The molecule has 1 aromatic heterocycles. The van der Waals surface area contributed by atoms with Crippen molar-refractivity contribution in [2.75, 3.05) is 18.0 Å². The maximum absolute atomic E-state index is 14.6. The van der Waals surface area contributed by atoms with E-state index in [9.17, 15) is 4.39 Å². The normalized spacial score (nSPS) is 17.7. The summed E-state index contributed by atoms with van der Waals surface area (Å²) in [5.74, 6) is 6.02. The lowest BCUT2D eigenvalue weighted by atomic mass is 9.95. The molecule has 0 amide bonds. The first-order valence-corrected chi connectivity index (χ1v) is 9.92. The maximum Gasteiger partial charge on any atom is 0.149 e. The Morgan fingerprint density at radius 1 is 1.17 bits per heavy atom. The fraction of sp³-hybridized carbons (Fsp3) is 0.250. The zero-order valence-corrected chi connectivity index (χ0v) is 17.0. The van der Waals surface area contributed by atoms with Gasteiger partial charge >= 0.3 is 0 Å². The zero-order valence-electron chi connectivity index (χ0n) is 15.4. The molecule has 1 aliphatic rings. The van der Waals surface area contributed by atoms with Gasteiger partial charge in [-0.1, -0.05) is 35.3 Å². The summed E-state index contributed by atoms with van der Waals surface area (Å²) in [6.45, 7) is 1.35. The number of amidine groups is 1. The minimum absolute atomic E-state index is 0.0146. The smallest absolute Gasteiger partial charge is 0.149 e. The predicted molar refractivity (Wildman–Crippen MR) is 116 cm³/mol. The first-order chi connectivity index (χ1) is 14.0. The predicted octanol–water partition coefficient (Wildman–Crippen LogP) is 4.19. The van der Waals surface area contributed by atoms with Crippen LogP contribution in [-0.2, 0) is 0 Å². The van der Waals surface area contributed by atoms with Crippen molar-refractivity contribution in [2.45, 2.75) is 12.8 Å². The third kappa shape index (κ3) is 3.68. The van der Waals surface area contributed by atoms with Crippen LogP contribution in [0, 0.1) is 11.7 Å². The van der Waals surface area contributed by atoms with Crippen LogP contribution in [0.3, 0.4) is 0 Å². The first kappa shape index (κ1) is 19.7. The van der Waals surface area contributed by atoms with Gasteiger partial charge in [0.1, 0.15) is 29.3 Å². The van der Waals surface area contributed by atoms with Gasteiger partial charge in [-0.05, 0) is 42.2 Å². The van der Waals surface area contributed by atoms with Crippen LogP contribution < -0.4 is 16.5 Å². The number of hydrazone groups is 1. The molecule has 1 atom stereocenters. The summed E-state index contributed by atoms with van der Waals surface area (Å²) in [6, 6.07) is 8.42. The van der Waals surface area contributed by atoms with Gasteiger partial charge in [0.05, 0.1) is 15.4 Å². The average Bonchev–Trinajstić information content (AvgIpc) is 2.75. The second-order valence-corrected chi connectivity index (χ2v) is 7.80. The topological polar surface area (TPSA) is 93.4 Å². The van der Waals surface area contributed by atoms with Crippen molar-refractivity contribution in [3.63, 3.8) is 0 Å². The number of nitrogens with two attached hydrogens (primary N) is 2. The number of rotatable bonds is 3. The molecule has 0 bridgehead atoms. The summed E-state index contributed by atoms with van der Waals surface area (Å²) in [6.07, 6.45) is 3.16. The Labute approximate surface area is 177 Å². The molecular weight excluding hydrogens is 414 g/mol. The molecule has 1 aliphatic heterocycles. The molecule has 0 radical (unpaired) electrons. The van der Waals surface area contributed by atoms with Crippen LogP contribution in [0.1, 0.15) is 12.8 Å². The summed E-state index contributed by atoms with van der Waals surface area (Å²) in [4.78, 5) is 10.8. The summed E-state index contributed by atoms with van der Waals surface area (Å²) < 4.78 is 14.6. The zero-order chi connectivity index (χ0) is 20.5. The molecule has 1 saturated heterocycles. The Morgan fingerprint density at radius 3 is 2.76 bits per heavy atom. The van der Waals surface area contributed by atoms with Crippen LogP contribution >= 0.6 is 23.2 Å². The van der Waals surface area contributed by atoms with E-state index in [1.165, 1.54) is 12.4 Å². The highest BCUT2D eigenvalue weighted by molar-refractivity contribution is 6.42. The van der Waals surface area contributed by atoms with Crippen molar-refractivity contribution in [3.8, 4) is 11.1 Å². The van der Waals surface area contributed by atoms with Crippen molar-refractivity contribution in [2.24, 2.45) is 22.6 Å². The van der Waals surface area contributed by atoms with Crippen LogP contribution in [0.15, 0.2) is 41.8 Å². The Balaban J connectivity index is 1.89. The number of hydrogen-bond donors (Lipinski definition) is 2. The second-order valence-electron chi connectivity index (χ2n) is 6.98. The van der Waals surface area contributed by atoms with E-state index in [-0.39, 0.29) is 11.4 Å². The molecule has 1 unspecified atom stereocenters. The van der Waals surface area contributed by atoms with E-state index < -0.39 is 5.82 Å². The lowest BCUT2D eigenvalue weighted by Gasteiger charge is -2.33. The fourth-order valence-corrected chi connectivity index (χ4v) is 4.08. The van der Waals surface area contributed by atoms with Crippen molar-refractivity contribution in [3.05, 3.63) is 52.5 Å². The highest BCUT2D eigenvalue weighted by Gasteiger charge is 2.26. The van der Waals surface area contributed by atoms with E-state index in [2.05, 4.69) is 20.0 Å². The van der Waals surface area contributed by atoms with Crippen LogP contribution in [0.4, 0.5) is 10.2 Å². The van der Waals surface area contributed by atoms with Gasteiger partial charge in [0.15, 0.2) is 0 Å². The number of halogens is 3. The molecule has 3 aromatic rings. The number of anilines is 1. The molecule has 2 aromatic carbocycles. The number of hydrogen-bond acceptors (Lipinski definition) is 5. The monoisotopic (exact) mass is 432 g/mol. The third-order valence-electron chi connectivity index (χ3n) is 5.24. The average molecular weight is 433 g/mol. The van der Waals surface area contributed by atoms with Crippen molar-refractivity contribution in [1.82, 2.24) is 9.97 Å². The lowest BCUT2D eigenvalue weighted by Crippen LogP contribution is -2.42. The maximum atomic E-state index is 14.6. The van der Waals surface area contributed by atoms with Gasteiger partial charge in [0.25, 0.3) is 0 Å². The van der Waals surface area contributed by atoms with Crippen molar-refractivity contribution in [1.29, 1.82) is 0 Å². The Bertz CT molecular complexity index is 1100. The SMILES string of the molecule is N/N=C(\N)C1CCCN(c2ncnc3c(F)ccc(-c4ccc(Cl)c(Cl)c4)c23)C1. The largest absolute Gasteiger partial charge is 0.385 e. The number of piperidine rings is 1. The van der Waals surface area contributed by atoms with Gasteiger partial charge in [0, 0.05) is 19.0 Å². The van der Waals surface area contributed by atoms with Gasteiger partial charge in [0.2, 0.25) is 0 Å². The molecule has 0 spiro atoms. The summed E-state index contributed by atoms with van der Waals surface area (Å²) in [7, 11) is 0. The van der Waals surface area contributed by atoms with E-state index in [0.717, 1.165) is 30.5 Å². The highest BCUT2D eigenvalue weighted by Crippen LogP contribution is 2.38. The minimum atomic E-state index is -0.413. The molecule has 2 heterocycles. The van der Waals surface area contributed by atoms with Gasteiger partial charge in [-0.3, -0.25) is 0 Å². The molecule has 1 fully saturated rings. The molecule has 29 heavy (non-hydrogen) atoms. The van der Waals surface area contributed by atoms with E-state index in [0.29, 0.717) is 33.6 Å². The Hall–Kier alpha value is -2.64. The summed E-state index contributed by atoms with van der Waals surface area (Å²) in [5, 5.41) is 5.14. The lowest BCUT2D eigenvalue weighted by molar-refractivity contribution is 0.501. The van der Waals surface area contributed by atoms with Crippen LogP contribution in [-0.4, -0.2) is 28.9 Å². The van der Waals surface area contributed by atoms with Crippen molar-refractivity contribution >= 4 is 45.8 Å².